The Hall–Kier alpha value is -0.850. The first-order chi connectivity index (χ1) is 7.74. The highest BCUT2D eigenvalue weighted by Crippen LogP contribution is 2.56. The second-order valence-electron chi connectivity index (χ2n) is 4.01. The minimum atomic E-state index is -2.46. The third kappa shape index (κ3) is 2.45. The van der Waals surface area contributed by atoms with Gasteiger partial charge in [0, 0.05) is 6.16 Å². The molecule has 0 spiro atoms. The van der Waals surface area contributed by atoms with Crippen molar-refractivity contribution in [3.8, 4) is 0 Å². The van der Waals surface area contributed by atoms with Crippen molar-refractivity contribution in [3.05, 3.63) is 48.0 Å². The summed E-state index contributed by atoms with van der Waals surface area (Å²) >= 11 is 0. The molecule has 1 heterocycles. The summed E-state index contributed by atoms with van der Waals surface area (Å²) in [5, 5.41) is 0. The normalized spacial score (nSPS) is 28.4. The van der Waals surface area contributed by atoms with Gasteiger partial charge in [0.25, 0.3) is 0 Å². The van der Waals surface area contributed by atoms with Crippen LogP contribution in [0.2, 0.25) is 0 Å². The predicted molar refractivity (Wildman–Crippen MR) is 67.2 cm³/mol. The molecular weight excluding hydrogens is 219 g/mol. The van der Waals surface area contributed by atoms with Crippen LogP contribution in [0.25, 0.3) is 0 Å². The number of benzene rings is 1. The Morgan fingerprint density at radius 1 is 1.38 bits per heavy atom. The molecule has 0 radical (unpaired) electrons. The van der Waals surface area contributed by atoms with E-state index in [4.69, 9.17) is 4.52 Å². The van der Waals surface area contributed by atoms with Crippen molar-refractivity contribution in [2.45, 2.75) is 19.0 Å². The minimum absolute atomic E-state index is 0.0647. The zero-order chi connectivity index (χ0) is 11.4. The Bertz CT molecular complexity index is 411. The smallest absolute Gasteiger partial charge is 0.213 e. The van der Waals surface area contributed by atoms with Crippen molar-refractivity contribution in [2.24, 2.45) is 0 Å². The van der Waals surface area contributed by atoms with Crippen LogP contribution in [0.15, 0.2) is 42.5 Å². The van der Waals surface area contributed by atoms with Crippen molar-refractivity contribution in [1.82, 2.24) is 0 Å². The van der Waals surface area contributed by atoms with Crippen LogP contribution < -0.4 is 0 Å². The van der Waals surface area contributed by atoms with E-state index in [2.05, 4.69) is 12.1 Å². The van der Waals surface area contributed by atoms with Gasteiger partial charge in [0.05, 0.1) is 12.3 Å². The topological polar surface area (TPSA) is 26.3 Å². The van der Waals surface area contributed by atoms with E-state index in [0.717, 1.165) is 6.42 Å². The molecule has 0 aliphatic carbocycles. The molecule has 1 aromatic carbocycles. The average molecular weight is 236 g/mol. The summed E-state index contributed by atoms with van der Waals surface area (Å²) in [6.07, 6.45) is 5.44. The van der Waals surface area contributed by atoms with E-state index >= 15 is 0 Å². The van der Waals surface area contributed by atoms with Gasteiger partial charge in [-0.15, -0.1) is 0 Å². The van der Waals surface area contributed by atoms with Gasteiger partial charge in [-0.1, -0.05) is 42.5 Å². The van der Waals surface area contributed by atoms with Crippen LogP contribution in [0.5, 0.6) is 0 Å². The summed E-state index contributed by atoms with van der Waals surface area (Å²) in [7, 11) is -2.46. The van der Waals surface area contributed by atoms with Crippen LogP contribution in [0.3, 0.4) is 0 Å². The van der Waals surface area contributed by atoms with Crippen LogP contribution in [0, 0.1) is 0 Å². The SMILES string of the molecule is CCOP1(=O)CC=CC1Cc1ccccc1. The first-order valence-electron chi connectivity index (χ1n) is 5.68. The Labute approximate surface area is 96.8 Å². The number of hydrogen-bond acceptors (Lipinski definition) is 2. The highest BCUT2D eigenvalue weighted by Gasteiger charge is 2.34. The molecule has 2 unspecified atom stereocenters. The molecule has 0 aromatic heterocycles. The summed E-state index contributed by atoms with van der Waals surface area (Å²) in [6, 6.07) is 10.2. The zero-order valence-electron chi connectivity index (χ0n) is 9.50. The molecule has 2 rings (SSSR count). The van der Waals surface area contributed by atoms with Gasteiger partial charge < -0.3 is 4.52 Å². The molecule has 2 atom stereocenters. The van der Waals surface area contributed by atoms with Crippen molar-refractivity contribution >= 4 is 7.37 Å². The molecular formula is C13H17O2P. The molecule has 0 saturated carbocycles. The fourth-order valence-corrected chi connectivity index (χ4v) is 4.35. The summed E-state index contributed by atoms with van der Waals surface area (Å²) in [5.74, 6) is 0. The van der Waals surface area contributed by atoms with E-state index in [9.17, 15) is 4.57 Å². The largest absolute Gasteiger partial charge is 0.328 e. The Morgan fingerprint density at radius 3 is 2.81 bits per heavy atom. The fraction of sp³-hybridized carbons (Fsp3) is 0.385. The molecule has 1 aliphatic heterocycles. The van der Waals surface area contributed by atoms with Gasteiger partial charge in [-0.05, 0) is 18.9 Å². The summed E-state index contributed by atoms with van der Waals surface area (Å²) in [6.45, 7) is 2.43. The van der Waals surface area contributed by atoms with Gasteiger partial charge in [-0.25, -0.2) is 0 Å². The van der Waals surface area contributed by atoms with Crippen molar-refractivity contribution in [3.63, 3.8) is 0 Å². The van der Waals surface area contributed by atoms with Gasteiger partial charge in [0.2, 0.25) is 7.37 Å². The van der Waals surface area contributed by atoms with Crippen LogP contribution in [-0.2, 0) is 15.5 Å². The first kappa shape index (κ1) is 11.6. The highest BCUT2D eigenvalue weighted by molar-refractivity contribution is 7.60. The van der Waals surface area contributed by atoms with Crippen molar-refractivity contribution in [2.75, 3.05) is 12.8 Å². The van der Waals surface area contributed by atoms with Crippen LogP contribution in [0.4, 0.5) is 0 Å². The van der Waals surface area contributed by atoms with Gasteiger partial charge in [0.1, 0.15) is 0 Å². The molecule has 0 amide bonds. The molecule has 2 nitrogen and oxygen atoms in total. The molecule has 0 N–H and O–H groups in total. The lowest BCUT2D eigenvalue weighted by Crippen LogP contribution is -2.09. The maximum Gasteiger partial charge on any atom is 0.213 e. The molecule has 86 valence electrons. The van der Waals surface area contributed by atoms with Crippen LogP contribution in [-0.4, -0.2) is 18.4 Å². The Kier molecular flexibility index (Phi) is 3.63. The molecule has 16 heavy (non-hydrogen) atoms. The summed E-state index contributed by atoms with van der Waals surface area (Å²) in [5.41, 5.74) is 1.29. The molecule has 0 fully saturated rings. The van der Waals surface area contributed by atoms with Crippen LogP contribution in [0.1, 0.15) is 12.5 Å². The van der Waals surface area contributed by atoms with E-state index in [1.807, 2.05) is 37.3 Å². The lowest BCUT2D eigenvalue weighted by Gasteiger charge is -2.19. The van der Waals surface area contributed by atoms with Gasteiger partial charge in [0.15, 0.2) is 0 Å². The van der Waals surface area contributed by atoms with E-state index in [1.54, 1.807) is 0 Å². The zero-order valence-corrected chi connectivity index (χ0v) is 10.4. The molecule has 1 aromatic rings. The summed E-state index contributed by atoms with van der Waals surface area (Å²) < 4.78 is 17.9. The standard InChI is InChI=1S/C13H17O2P/c1-2-15-16(14)10-6-9-13(16)11-12-7-4-3-5-8-12/h3-9,13H,2,10-11H2,1H3. The third-order valence-electron chi connectivity index (χ3n) is 2.86. The third-order valence-corrected chi connectivity index (χ3v) is 5.64. The van der Waals surface area contributed by atoms with E-state index in [-0.39, 0.29) is 5.66 Å². The van der Waals surface area contributed by atoms with Crippen molar-refractivity contribution in [1.29, 1.82) is 0 Å². The predicted octanol–water partition coefficient (Wildman–Crippen LogP) is 3.48. The molecule has 0 saturated heterocycles. The second kappa shape index (κ2) is 4.99. The second-order valence-corrected chi connectivity index (χ2v) is 6.75. The lowest BCUT2D eigenvalue weighted by molar-refractivity contribution is 0.332. The van der Waals surface area contributed by atoms with Gasteiger partial charge in [-0.3, -0.25) is 4.57 Å². The minimum Gasteiger partial charge on any atom is -0.328 e. The Balaban J connectivity index is 2.10. The Morgan fingerprint density at radius 2 is 2.12 bits per heavy atom. The first-order valence-corrected chi connectivity index (χ1v) is 7.56. The maximum atomic E-state index is 12.5. The molecule has 3 heteroatoms. The quantitative estimate of drug-likeness (QED) is 0.591. The van der Waals surface area contributed by atoms with Crippen molar-refractivity contribution < 1.29 is 9.09 Å². The van der Waals surface area contributed by atoms with E-state index in [1.165, 1.54) is 5.56 Å². The fourth-order valence-electron chi connectivity index (χ4n) is 2.06. The van der Waals surface area contributed by atoms with E-state index < -0.39 is 7.37 Å². The number of hydrogen-bond donors (Lipinski definition) is 0. The average Bonchev–Trinajstić information content (AvgIpc) is 2.62. The lowest BCUT2D eigenvalue weighted by atomic mass is 10.1. The highest BCUT2D eigenvalue weighted by atomic mass is 31.2. The van der Waals surface area contributed by atoms with E-state index in [0.29, 0.717) is 12.8 Å². The number of allylic oxidation sites excluding steroid dienone is 2. The molecule has 1 aliphatic rings. The van der Waals surface area contributed by atoms with Gasteiger partial charge >= 0.3 is 0 Å². The monoisotopic (exact) mass is 236 g/mol. The molecule has 0 bridgehead atoms. The maximum absolute atomic E-state index is 12.5. The van der Waals surface area contributed by atoms with Crippen LogP contribution >= 0.6 is 7.37 Å². The number of rotatable bonds is 4. The van der Waals surface area contributed by atoms with Gasteiger partial charge in [-0.2, -0.15) is 0 Å². The summed E-state index contributed by atoms with van der Waals surface area (Å²) in [4.78, 5) is 0.